The van der Waals surface area contributed by atoms with E-state index < -0.39 is 0 Å². The lowest BCUT2D eigenvalue weighted by Crippen LogP contribution is -1.97. The molecule has 4 aromatic rings. The molecule has 0 unspecified atom stereocenters. The fourth-order valence-electron chi connectivity index (χ4n) is 3.01. The van der Waals surface area contributed by atoms with Crippen LogP contribution in [0.3, 0.4) is 0 Å². The van der Waals surface area contributed by atoms with Crippen LogP contribution < -0.4 is 9.47 Å². The molecule has 0 radical (unpaired) electrons. The Morgan fingerprint density at radius 1 is 1.00 bits per heavy atom. The predicted molar refractivity (Wildman–Crippen MR) is 110 cm³/mol. The maximum Gasteiger partial charge on any atom is 0.161 e. The molecule has 0 aliphatic rings. The first-order chi connectivity index (χ1) is 13.1. The van der Waals surface area contributed by atoms with E-state index in [9.17, 15) is 0 Å². The van der Waals surface area contributed by atoms with Crippen LogP contribution in [-0.2, 0) is 6.61 Å². The topological polar surface area (TPSA) is 35.8 Å². The molecule has 0 bridgehead atoms. The van der Waals surface area contributed by atoms with Crippen LogP contribution >= 0.6 is 15.9 Å². The molecule has 0 N–H and O–H groups in total. The first-order valence-corrected chi connectivity index (χ1v) is 9.43. The van der Waals surface area contributed by atoms with Crippen molar-refractivity contribution in [2.45, 2.75) is 13.5 Å². The number of pyridine rings is 1. The van der Waals surface area contributed by atoms with E-state index in [0.29, 0.717) is 18.1 Å². The SMILES string of the molecule is COc1cc(-c2cn3cc(C)cc(Br)c3n2)ccc1OCc1ccccc1. The second kappa shape index (κ2) is 7.45. The van der Waals surface area contributed by atoms with Gasteiger partial charge in [0, 0.05) is 18.0 Å². The zero-order valence-electron chi connectivity index (χ0n) is 15.1. The van der Waals surface area contributed by atoms with Crippen molar-refractivity contribution in [2.24, 2.45) is 0 Å². The standard InChI is InChI=1S/C22H19BrN2O2/c1-15-10-18(23)22-24-19(13-25(22)12-15)17-8-9-20(21(11-17)26-2)27-14-16-6-4-3-5-7-16/h3-13H,14H2,1-2H3. The maximum atomic E-state index is 5.94. The molecule has 136 valence electrons. The lowest BCUT2D eigenvalue weighted by molar-refractivity contribution is 0.284. The Morgan fingerprint density at radius 2 is 1.81 bits per heavy atom. The number of rotatable bonds is 5. The summed E-state index contributed by atoms with van der Waals surface area (Å²) in [6, 6.07) is 18.0. The van der Waals surface area contributed by atoms with Gasteiger partial charge in [-0.2, -0.15) is 0 Å². The van der Waals surface area contributed by atoms with Crippen molar-refractivity contribution in [1.82, 2.24) is 9.38 Å². The lowest BCUT2D eigenvalue weighted by atomic mass is 10.1. The molecule has 0 spiro atoms. The Balaban J connectivity index is 1.64. The van der Waals surface area contributed by atoms with Gasteiger partial charge in [-0.3, -0.25) is 0 Å². The molecule has 5 heteroatoms. The van der Waals surface area contributed by atoms with Gasteiger partial charge in [0.25, 0.3) is 0 Å². The summed E-state index contributed by atoms with van der Waals surface area (Å²) in [7, 11) is 1.65. The average Bonchev–Trinajstić information content (AvgIpc) is 3.11. The molecule has 0 atom stereocenters. The second-order valence-corrected chi connectivity index (χ2v) is 7.22. The van der Waals surface area contributed by atoms with Crippen LogP contribution in [0.25, 0.3) is 16.9 Å². The van der Waals surface area contributed by atoms with Crippen LogP contribution in [0.15, 0.2) is 71.5 Å². The molecular weight excluding hydrogens is 404 g/mol. The van der Waals surface area contributed by atoms with Crippen LogP contribution in [0.2, 0.25) is 0 Å². The third-order valence-corrected chi connectivity index (χ3v) is 4.92. The van der Waals surface area contributed by atoms with Crippen molar-refractivity contribution >= 4 is 21.6 Å². The quantitative estimate of drug-likeness (QED) is 0.416. The number of halogens is 1. The molecule has 2 heterocycles. The monoisotopic (exact) mass is 422 g/mol. The first-order valence-electron chi connectivity index (χ1n) is 8.64. The number of methoxy groups -OCH3 is 1. The van der Waals surface area contributed by atoms with Gasteiger partial charge in [0.15, 0.2) is 17.1 Å². The van der Waals surface area contributed by atoms with Gasteiger partial charge in [0.05, 0.1) is 17.3 Å². The average molecular weight is 423 g/mol. The Morgan fingerprint density at radius 3 is 2.59 bits per heavy atom. The highest BCUT2D eigenvalue weighted by atomic mass is 79.9. The number of aromatic nitrogens is 2. The number of hydrogen-bond acceptors (Lipinski definition) is 3. The van der Waals surface area contributed by atoms with Gasteiger partial charge in [0.2, 0.25) is 0 Å². The van der Waals surface area contributed by atoms with E-state index in [1.165, 1.54) is 5.56 Å². The summed E-state index contributed by atoms with van der Waals surface area (Å²) in [6.07, 6.45) is 4.08. The molecule has 0 saturated heterocycles. The summed E-state index contributed by atoms with van der Waals surface area (Å²) in [4.78, 5) is 4.74. The number of ether oxygens (including phenoxy) is 2. The largest absolute Gasteiger partial charge is 0.493 e. The van der Waals surface area contributed by atoms with Crippen molar-refractivity contribution in [3.8, 4) is 22.8 Å². The fourth-order valence-corrected chi connectivity index (χ4v) is 3.66. The van der Waals surface area contributed by atoms with E-state index in [-0.39, 0.29) is 0 Å². The van der Waals surface area contributed by atoms with E-state index in [0.717, 1.165) is 26.9 Å². The zero-order chi connectivity index (χ0) is 18.8. The van der Waals surface area contributed by atoms with E-state index in [1.54, 1.807) is 7.11 Å². The van der Waals surface area contributed by atoms with Crippen molar-refractivity contribution in [3.63, 3.8) is 0 Å². The van der Waals surface area contributed by atoms with Crippen LogP contribution in [-0.4, -0.2) is 16.5 Å². The molecular formula is C22H19BrN2O2. The van der Waals surface area contributed by atoms with Crippen LogP contribution in [0, 0.1) is 6.92 Å². The molecule has 0 aliphatic carbocycles. The highest BCUT2D eigenvalue weighted by molar-refractivity contribution is 9.10. The molecule has 4 rings (SSSR count). The molecule has 0 amide bonds. The van der Waals surface area contributed by atoms with Crippen LogP contribution in [0.4, 0.5) is 0 Å². The summed E-state index contributed by atoms with van der Waals surface area (Å²) >= 11 is 3.59. The van der Waals surface area contributed by atoms with E-state index >= 15 is 0 Å². The number of hydrogen-bond donors (Lipinski definition) is 0. The van der Waals surface area contributed by atoms with Gasteiger partial charge in [-0.1, -0.05) is 30.3 Å². The van der Waals surface area contributed by atoms with Gasteiger partial charge < -0.3 is 13.9 Å². The number of nitrogens with zero attached hydrogens (tertiary/aromatic N) is 2. The third-order valence-electron chi connectivity index (χ3n) is 4.34. The number of benzene rings is 2. The maximum absolute atomic E-state index is 5.94. The molecule has 0 fully saturated rings. The van der Waals surface area contributed by atoms with Crippen molar-refractivity contribution in [1.29, 1.82) is 0 Å². The third kappa shape index (κ3) is 3.69. The van der Waals surface area contributed by atoms with Crippen molar-refractivity contribution < 1.29 is 9.47 Å². The summed E-state index contributed by atoms with van der Waals surface area (Å²) in [6.45, 7) is 2.56. The van der Waals surface area contributed by atoms with E-state index in [2.05, 4.69) is 35.1 Å². The summed E-state index contributed by atoms with van der Waals surface area (Å²) < 4.78 is 14.5. The van der Waals surface area contributed by atoms with Crippen molar-refractivity contribution in [2.75, 3.05) is 7.11 Å². The smallest absolute Gasteiger partial charge is 0.161 e. The lowest BCUT2D eigenvalue weighted by Gasteiger charge is -2.11. The van der Waals surface area contributed by atoms with Crippen molar-refractivity contribution in [3.05, 3.63) is 82.6 Å². The van der Waals surface area contributed by atoms with Crippen LogP contribution in [0.1, 0.15) is 11.1 Å². The second-order valence-electron chi connectivity index (χ2n) is 6.36. The minimum absolute atomic E-state index is 0.497. The molecule has 4 nitrogen and oxygen atoms in total. The predicted octanol–water partition coefficient (Wildman–Crippen LogP) is 5.66. The van der Waals surface area contributed by atoms with E-state index in [4.69, 9.17) is 14.5 Å². The van der Waals surface area contributed by atoms with E-state index in [1.807, 2.05) is 59.1 Å². The summed E-state index contributed by atoms with van der Waals surface area (Å²) in [5.41, 5.74) is 5.03. The Labute approximate surface area is 166 Å². The minimum atomic E-state index is 0.497. The Hall–Kier alpha value is -2.79. The minimum Gasteiger partial charge on any atom is -0.493 e. The summed E-state index contributed by atoms with van der Waals surface area (Å²) in [5.74, 6) is 1.40. The zero-order valence-corrected chi connectivity index (χ0v) is 16.7. The number of imidazole rings is 1. The highest BCUT2D eigenvalue weighted by Gasteiger charge is 2.12. The van der Waals surface area contributed by atoms with Gasteiger partial charge in [0.1, 0.15) is 6.61 Å². The Kier molecular flexibility index (Phi) is 4.86. The molecule has 2 aromatic carbocycles. The fraction of sp³-hybridized carbons (Fsp3) is 0.136. The molecule has 2 aromatic heterocycles. The highest BCUT2D eigenvalue weighted by Crippen LogP contribution is 2.33. The normalized spacial score (nSPS) is 10.9. The Bertz CT molecular complexity index is 1090. The van der Waals surface area contributed by atoms with Gasteiger partial charge in [-0.15, -0.1) is 0 Å². The first kappa shape index (κ1) is 17.6. The van der Waals surface area contributed by atoms with Crippen LogP contribution in [0.5, 0.6) is 11.5 Å². The molecule has 0 aliphatic heterocycles. The van der Waals surface area contributed by atoms with Gasteiger partial charge >= 0.3 is 0 Å². The number of aryl methyl sites for hydroxylation is 1. The van der Waals surface area contributed by atoms with Gasteiger partial charge in [-0.05, 0) is 58.2 Å². The molecule has 27 heavy (non-hydrogen) atoms. The number of fused-ring (bicyclic) bond motifs is 1. The molecule has 0 saturated carbocycles. The summed E-state index contributed by atoms with van der Waals surface area (Å²) in [5, 5.41) is 0. The van der Waals surface area contributed by atoms with Gasteiger partial charge in [-0.25, -0.2) is 4.98 Å².